The largest absolute Gasteiger partial charge is 0.314 e. The topological polar surface area (TPSA) is 24.9 Å². The minimum absolute atomic E-state index is 0.573. The molecule has 2 nitrogen and oxygen atoms in total. The van der Waals surface area contributed by atoms with Gasteiger partial charge in [-0.05, 0) is 38.4 Å². The van der Waals surface area contributed by atoms with Crippen LogP contribution in [-0.4, -0.2) is 17.6 Å². The van der Waals surface area contributed by atoms with E-state index in [1.807, 2.05) is 12.3 Å². The maximum atomic E-state index is 4.41. The van der Waals surface area contributed by atoms with Crippen LogP contribution in [0.3, 0.4) is 0 Å². The SMILES string of the molecule is CC1NCCCC1c1ccccn1. The normalized spacial score (nSPS) is 28.7. The number of hydrogen-bond donors (Lipinski definition) is 1. The van der Waals surface area contributed by atoms with Gasteiger partial charge in [-0.1, -0.05) is 6.07 Å². The molecule has 2 heteroatoms. The predicted molar refractivity (Wildman–Crippen MR) is 53.7 cm³/mol. The molecule has 70 valence electrons. The molecule has 0 radical (unpaired) electrons. The Bertz CT molecular complexity index is 258. The zero-order chi connectivity index (χ0) is 9.10. The van der Waals surface area contributed by atoms with Crippen molar-refractivity contribution in [2.45, 2.75) is 31.7 Å². The fraction of sp³-hybridized carbons (Fsp3) is 0.545. The highest BCUT2D eigenvalue weighted by atomic mass is 14.9. The molecular formula is C11H16N2. The first-order valence-corrected chi connectivity index (χ1v) is 5.02. The molecule has 1 aromatic heterocycles. The van der Waals surface area contributed by atoms with Crippen LogP contribution in [-0.2, 0) is 0 Å². The Hall–Kier alpha value is -0.890. The second-order valence-corrected chi connectivity index (χ2v) is 3.75. The first kappa shape index (κ1) is 8.70. The molecule has 1 N–H and O–H groups in total. The highest BCUT2D eigenvalue weighted by molar-refractivity contribution is 5.12. The van der Waals surface area contributed by atoms with E-state index in [4.69, 9.17) is 0 Å². The smallest absolute Gasteiger partial charge is 0.0449 e. The molecule has 2 heterocycles. The van der Waals surface area contributed by atoms with Crippen molar-refractivity contribution in [1.82, 2.24) is 10.3 Å². The van der Waals surface area contributed by atoms with Crippen molar-refractivity contribution in [2.24, 2.45) is 0 Å². The molecule has 2 unspecified atom stereocenters. The van der Waals surface area contributed by atoms with Crippen molar-refractivity contribution in [2.75, 3.05) is 6.54 Å². The first-order valence-electron chi connectivity index (χ1n) is 5.02. The maximum Gasteiger partial charge on any atom is 0.0449 e. The van der Waals surface area contributed by atoms with Crippen molar-refractivity contribution >= 4 is 0 Å². The van der Waals surface area contributed by atoms with E-state index in [-0.39, 0.29) is 0 Å². The van der Waals surface area contributed by atoms with Gasteiger partial charge in [-0.2, -0.15) is 0 Å². The standard InChI is InChI=1S/C11H16N2/c1-9-10(5-4-8-12-9)11-6-2-3-7-13-11/h2-3,6-7,9-10,12H,4-5,8H2,1H3. The summed E-state index contributed by atoms with van der Waals surface area (Å²) in [5.74, 6) is 0.606. The Balaban J connectivity index is 2.15. The summed E-state index contributed by atoms with van der Waals surface area (Å²) in [6.07, 6.45) is 4.42. The van der Waals surface area contributed by atoms with Crippen LogP contribution in [0.4, 0.5) is 0 Å². The molecule has 0 spiro atoms. The van der Waals surface area contributed by atoms with Crippen LogP contribution in [0.25, 0.3) is 0 Å². The van der Waals surface area contributed by atoms with Gasteiger partial charge in [0.1, 0.15) is 0 Å². The lowest BCUT2D eigenvalue weighted by Crippen LogP contribution is -2.37. The quantitative estimate of drug-likeness (QED) is 0.707. The van der Waals surface area contributed by atoms with Gasteiger partial charge in [0.15, 0.2) is 0 Å². The molecule has 2 rings (SSSR count). The van der Waals surface area contributed by atoms with E-state index >= 15 is 0 Å². The highest BCUT2D eigenvalue weighted by Gasteiger charge is 2.22. The zero-order valence-corrected chi connectivity index (χ0v) is 8.03. The van der Waals surface area contributed by atoms with Crippen LogP contribution in [0.15, 0.2) is 24.4 Å². The minimum atomic E-state index is 0.573. The van der Waals surface area contributed by atoms with Gasteiger partial charge in [0.25, 0.3) is 0 Å². The minimum Gasteiger partial charge on any atom is -0.314 e. The maximum absolute atomic E-state index is 4.41. The average molecular weight is 176 g/mol. The number of nitrogens with one attached hydrogen (secondary N) is 1. The fourth-order valence-corrected chi connectivity index (χ4v) is 2.04. The Morgan fingerprint density at radius 2 is 2.38 bits per heavy atom. The van der Waals surface area contributed by atoms with Gasteiger partial charge < -0.3 is 5.32 Å². The molecule has 1 aliphatic heterocycles. The number of piperidine rings is 1. The molecule has 2 atom stereocenters. The Labute approximate surface area is 79.4 Å². The van der Waals surface area contributed by atoms with Crippen LogP contribution in [0.2, 0.25) is 0 Å². The molecule has 0 saturated carbocycles. The molecule has 1 aliphatic rings. The van der Waals surface area contributed by atoms with E-state index in [1.165, 1.54) is 18.5 Å². The summed E-state index contributed by atoms with van der Waals surface area (Å²) >= 11 is 0. The van der Waals surface area contributed by atoms with Crippen molar-refractivity contribution in [3.8, 4) is 0 Å². The molecule has 1 saturated heterocycles. The Kier molecular flexibility index (Phi) is 2.60. The molecule has 1 fully saturated rings. The van der Waals surface area contributed by atoms with E-state index in [1.54, 1.807) is 0 Å². The number of nitrogens with zero attached hydrogens (tertiary/aromatic N) is 1. The molecule has 0 bridgehead atoms. The van der Waals surface area contributed by atoms with Gasteiger partial charge in [-0.25, -0.2) is 0 Å². The fourth-order valence-electron chi connectivity index (χ4n) is 2.04. The van der Waals surface area contributed by atoms with Gasteiger partial charge >= 0.3 is 0 Å². The van der Waals surface area contributed by atoms with Crippen LogP contribution in [0.5, 0.6) is 0 Å². The Morgan fingerprint density at radius 1 is 1.46 bits per heavy atom. The van der Waals surface area contributed by atoms with Crippen LogP contribution in [0, 0.1) is 0 Å². The summed E-state index contributed by atoms with van der Waals surface area (Å²) in [7, 11) is 0. The third-order valence-corrected chi connectivity index (χ3v) is 2.83. The molecule has 0 amide bonds. The van der Waals surface area contributed by atoms with Crippen LogP contribution < -0.4 is 5.32 Å². The van der Waals surface area contributed by atoms with Gasteiger partial charge in [-0.15, -0.1) is 0 Å². The number of aromatic nitrogens is 1. The monoisotopic (exact) mass is 176 g/mol. The van der Waals surface area contributed by atoms with E-state index < -0.39 is 0 Å². The highest BCUT2D eigenvalue weighted by Crippen LogP contribution is 2.25. The lowest BCUT2D eigenvalue weighted by atomic mass is 9.89. The molecule has 0 aromatic carbocycles. The number of rotatable bonds is 1. The summed E-state index contributed by atoms with van der Waals surface area (Å²) in [6.45, 7) is 3.41. The van der Waals surface area contributed by atoms with Gasteiger partial charge in [0, 0.05) is 23.9 Å². The second-order valence-electron chi connectivity index (χ2n) is 3.75. The van der Waals surface area contributed by atoms with Gasteiger partial charge in [0.05, 0.1) is 0 Å². The molecule has 13 heavy (non-hydrogen) atoms. The molecular weight excluding hydrogens is 160 g/mol. The summed E-state index contributed by atoms with van der Waals surface area (Å²) < 4.78 is 0. The van der Waals surface area contributed by atoms with Crippen molar-refractivity contribution in [3.05, 3.63) is 30.1 Å². The molecule has 0 aliphatic carbocycles. The Morgan fingerprint density at radius 3 is 3.08 bits per heavy atom. The number of pyridine rings is 1. The summed E-state index contributed by atoms with van der Waals surface area (Å²) in [5.41, 5.74) is 1.24. The van der Waals surface area contributed by atoms with E-state index in [9.17, 15) is 0 Å². The summed E-state index contributed by atoms with van der Waals surface area (Å²) in [6, 6.07) is 6.76. The van der Waals surface area contributed by atoms with E-state index in [0.29, 0.717) is 12.0 Å². The van der Waals surface area contributed by atoms with E-state index in [2.05, 4.69) is 29.4 Å². The predicted octanol–water partition coefficient (Wildman–Crippen LogP) is 1.94. The zero-order valence-electron chi connectivity index (χ0n) is 8.03. The third kappa shape index (κ3) is 1.89. The third-order valence-electron chi connectivity index (χ3n) is 2.83. The lowest BCUT2D eigenvalue weighted by molar-refractivity contribution is 0.366. The van der Waals surface area contributed by atoms with Gasteiger partial charge in [0.2, 0.25) is 0 Å². The number of hydrogen-bond acceptors (Lipinski definition) is 2. The average Bonchev–Trinajstić information content (AvgIpc) is 2.20. The van der Waals surface area contributed by atoms with Crippen LogP contribution >= 0.6 is 0 Å². The second kappa shape index (κ2) is 3.88. The summed E-state index contributed by atoms with van der Waals surface area (Å²) in [4.78, 5) is 4.41. The van der Waals surface area contributed by atoms with Crippen molar-refractivity contribution < 1.29 is 0 Å². The van der Waals surface area contributed by atoms with Crippen molar-refractivity contribution in [3.63, 3.8) is 0 Å². The van der Waals surface area contributed by atoms with Crippen LogP contribution in [0.1, 0.15) is 31.4 Å². The van der Waals surface area contributed by atoms with Crippen molar-refractivity contribution in [1.29, 1.82) is 0 Å². The van der Waals surface area contributed by atoms with E-state index in [0.717, 1.165) is 6.54 Å². The summed E-state index contributed by atoms with van der Waals surface area (Å²) in [5, 5.41) is 3.49. The first-order chi connectivity index (χ1) is 6.38. The lowest BCUT2D eigenvalue weighted by Gasteiger charge is -2.29. The molecule has 1 aromatic rings. The van der Waals surface area contributed by atoms with Gasteiger partial charge in [-0.3, -0.25) is 4.98 Å².